The van der Waals surface area contributed by atoms with Crippen LogP contribution in [-0.2, 0) is 9.53 Å². The van der Waals surface area contributed by atoms with Gasteiger partial charge in [0.25, 0.3) is 5.91 Å². The molecule has 1 aromatic carbocycles. The van der Waals surface area contributed by atoms with Crippen molar-refractivity contribution in [2.75, 3.05) is 36.9 Å². The summed E-state index contributed by atoms with van der Waals surface area (Å²) >= 11 is 0. The van der Waals surface area contributed by atoms with E-state index in [2.05, 4.69) is 21.3 Å². The van der Waals surface area contributed by atoms with Crippen LogP contribution in [0.25, 0.3) is 0 Å². The van der Waals surface area contributed by atoms with E-state index in [0.29, 0.717) is 49.1 Å². The quantitative estimate of drug-likeness (QED) is 0.275. The summed E-state index contributed by atoms with van der Waals surface area (Å²) in [6, 6.07) is 3.74. The largest absolute Gasteiger partial charge is 0.465 e. The van der Waals surface area contributed by atoms with Crippen LogP contribution in [0.4, 0.5) is 15.8 Å². The second-order valence-electron chi connectivity index (χ2n) is 9.07. The minimum Gasteiger partial charge on any atom is -0.465 e. The average molecular weight is 463 g/mol. The van der Waals surface area contributed by atoms with E-state index in [0.717, 1.165) is 25.7 Å². The van der Waals surface area contributed by atoms with E-state index in [-0.39, 0.29) is 24.5 Å². The summed E-state index contributed by atoms with van der Waals surface area (Å²) in [5.74, 6) is -0.968. The fourth-order valence-electron chi connectivity index (χ4n) is 4.66. The highest BCUT2D eigenvalue weighted by Gasteiger charge is 2.22. The molecule has 8 heteroatoms. The lowest BCUT2D eigenvalue weighted by atomic mass is 9.95. The molecule has 1 aromatic rings. The van der Waals surface area contributed by atoms with Gasteiger partial charge in [-0.05, 0) is 57.7 Å². The molecule has 3 rings (SSSR count). The van der Waals surface area contributed by atoms with Gasteiger partial charge < -0.3 is 26.0 Å². The Morgan fingerprint density at radius 2 is 1.58 bits per heavy atom. The Bertz CT molecular complexity index is 777. The number of hydrogen-bond donors (Lipinski definition) is 4. The number of carbonyl (C=O) groups is 2. The number of hydrogen-bond acceptors (Lipinski definition) is 6. The van der Waals surface area contributed by atoms with E-state index in [1.54, 1.807) is 13.0 Å². The molecule has 2 aliphatic rings. The predicted molar refractivity (Wildman–Crippen MR) is 129 cm³/mol. The number of nitrogens with one attached hydrogen (secondary N) is 4. The Kier molecular flexibility index (Phi) is 10.2. The SMILES string of the molecule is CCOC(=O)CNCCCNC(=O)c1cc(F)c(NC2CCCCC2)cc1NC1CCCC1. The van der Waals surface area contributed by atoms with Crippen LogP contribution in [0.5, 0.6) is 0 Å². The average Bonchev–Trinajstić information content (AvgIpc) is 3.32. The van der Waals surface area contributed by atoms with Crippen LogP contribution in [0.3, 0.4) is 0 Å². The number of carbonyl (C=O) groups excluding carboxylic acids is 2. The van der Waals surface area contributed by atoms with Gasteiger partial charge in [0.05, 0.1) is 24.4 Å². The zero-order valence-electron chi connectivity index (χ0n) is 19.8. The summed E-state index contributed by atoms with van der Waals surface area (Å²) in [6.45, 7) is 3.29. The van der Waals surface area contributed by atoms with Crippen molar-refractivity contribution in [2.45, 2.75) is 83.2 Å². The van der Waals surface area contributed by atoms with E-state index in [1.807, 2.05) is 0 Å². The minimum atomic E-state index is -0.390. The summed E-state index contributed by atoms with van der Waals surface area (Å²) in [5, 5.41) is 12.7. The summed E-state index contributed by atoms with van der Waals surface area (Å²) in [4.78, 5) is 24.2. The number of amides is 1. The van der Waals surface area contributed by atoms with Gasteiger partial charge in [-0.3, -0.25) is 9.59 Å². The maximum Gasteiger partial charge on any atom is 0.319 e. The summed E-state index contributed by atoms with van der Waals surface area (Å²) < 4.78 is 19.8. The Balaban J connectivity index is 1.59. The van der Waals surface area contributed by atoms with Crippen LogP contribution in [0.1, 0.15) is 81.5 Å². The van der Waals surface area contributed by atoms with E-state index >= 15 is 0 Å². The standard InChI is InChI=1S/C25H39FN4O3/c1-2-33-24(31)17-27-13-8-14-28-25(32)20-15-21(26)23(30-19-9-4-3-5-10-19)16-22(20)29-18-11-6-7-12-18/h15-16,18-19,27,29-30H,2-14,17H2,1H3,(H,28,32). The predicted octanol–water partition coefficient (Wildman–Crippen LogP) is 4.20. The molecule has 0 aromatic heterocycles. The third-order valence-electron chi connectivity index (χ3n) is 6.42. The first kappa shape index (κ1) is 25.3. The van der Waals surface area contributed by atoms with E-state index in [9.17, 15) is 14.0 Å². The Hall–Kier alpha value is -2.35. The molecule has 0 saturated heterocycles. The molecule has 0 aliphatic heterocycles. The van der Waals surface area contributed by atoms with Gasteiger partial charge >= 0.3 is 5.97 Å². The maximum absolute atomic E-state index is 15.0. The lowest BCUT2D eigenvalue weighted by Gasteiger charge is -2.25. The van der Waals surface area contributed by atoms with Crippen LogP contribution in [-0.4, -0.2) is 50.2 Å². The fraction of sp³-hybridized carbons (Fsp3) is 0.680. The molecule has 2 aliphatic carbocycles. The normalized spacial score (nSPS) is 17.0. The van der Waals surface area contributed by atoms with Crippen LogP contribution in [0.2, 0.25) is 0 Å². The second kappa shape index (κ2) is 13.4. The monoisotopic (exact) mass is 462 g/mol. The minimum absolute atomic E-state index is 0.151. The molecule has 0 radical (unpaired) electrons. The van der Waals surface area contributed by atoms with Crippen LogP contribution >= 0.6 is 0 Å². The highest BCUT2D eigenvalue weighted by atomic mass is 19.1. The molecule has 2 saturated carbocycles. The van der Waals surface area contributed by atoms with Crippen LogP contribution < -0.4 is 21.3 Å². The lowest BCUT2D eigenvalue weighted by Crippen LogP contribution is -2.31. The third-order valence-corrected chi connectivity index (χ3v) is 6.42. The molecule has 7 nitrogen and oxygen atoms in total. The van der Waals surface area contributed by atoms with Crippen molar-refractivity contribution in [2.24, 2.45) is 0 Å². The molecule has 1 amide bonds. The van der Waals surface area contributed by atoms with E-state index < -0.39 is 5.82 Å². The van der Waals surface area contributed by atoms with Crippen molar-refractivity contribution < 1.29 is 18.7 Å². The molecule has 0 spiro atoms. The van der Waals surface area contributed by atoms with E-state index in [4.69, 9.17) is 4.74 Å². The van der Waals surface area contributed by atoms with Gasteiger partial charge in [0.2, 0.25) is 0 Å². The zero-order valence-corrected chi connectivity index (χ0v) is 19.8. The number of rotatable bonds is 12. The van der Waals surface area contributed by atoms with Crippen molar-refractivity contribution in [1.29, 1.82) is 0 Å². The highest BCUT2D eigenvalue weighted by Crippen LogP contribution is 2.30. The molecule has 184 valence electrons. The van der Waals surface area contributed by atoms with Gasteiger partial charge in [-0.15, -0.1) is 0 Å². The molecular formula is C25H39FN4O3. The van der Waals surface area contributed by atoms with Gasteiger partial charge in [0.1, 0.15) is 5.82 Å². The number of ether oxygens (including phenoxy) is 1. The molecule has 0 atom stereocenters. The molecule has 0 heterocycles. The first-order valence-electron chi connectivity index (χ1n) is 12.6. The van der Waals surface area contributed by atoms with Gasteiger partial charge in [0, 0.05) is 24.3 Å². The summed E-state index contributed by atoms with van der Waals surface area (Å²) in [7, 11) is 0. The molecule has 4 N–H and O–H groups in total. The van der Waals surface area contributed by atoms with Crippen molar-refractivity contribution >= 4 is 23.3 Å². The van der Waals surface area contributed by atoms with E-state index in [1.165, 1.54) is 38.2 Å². The van der Waals surface area contributed by atoms with Gasteiger partial charge in [-0.1, -0.05) is 32.1 Å². The maximum atomic E-state index is 15.0. The van der Waals surface area contributed by atoms with Crippen molar-refractivity contribution in [1.82, 2.24) is 10.6 Å². The zero-order chi connectivity index (χ0) is 23.5. The Morgan fingerprint density at radius 1 is 0.939 bits per heavy atom. The second-order valence-corrected chi connectivity index (χ2v) is 9.07. The molecule has 0 unspecified atom stereocenters. The number of anilines is 2. The lowest BCUT2D eigenvalue weighted by molar-refractivity contribution is -0.141. The number of esters is 1. The van der Waals surface area contributed by atoms with Crippen molar-refractivity contribution in [3.63, 3.8) is 0 Å². The Labute approximate surface area is 196 Å². The summed E-state index contributed by atoms with van der Waals surface area (Å²) in [5.41, 5.74) is 1.51. The van der Waals surface area contributed by atoms with Crippen LogP contribution in [0.15, 0.2) is 12.1 Å². The smallest absolute Gasteiger partial charge is 0.319 e. The first-order chi connectivity index (χ1) is 16.1. The summed E-state index contributed by atoms with van der Waals surface area (Å²) in [6.07, 6.45) is 10.8. The highest BCUT2D eigenvalue weighted by molar-refractivity contribution is 6.00. The molecule has 0 bridgehead atoms. The van der Waals surface area contributed by atoms with Gasteiger partial charge in [0.15, 0.2) is 0 Å². The van der Waals surface area contributed by atoms with Gasteiger partial charge in [-0.2, -0.15) is 0 Å². The molecular weight excluding hydrogens is 423 g/mol. The number of halogens is 1. The Morgan fingerprint density at radius 3 is 2.24 bits per heavy atom. The molecule has 2 fully saturated rings. The van der Waals surface area contributed by atoms with Gasteiger partial charge in [-0.25, -0.2) is 4.39 Å². The molecule has 33 heavy (non-hydrogen) atoms. The number of benzene rings is 1. The first-order valence-corrected chi connectivity index (χ1v) is 12.6. The van der Waals surface area contributed by atoms with Crippen molar-refractivity contribution in [3.05, 3.63) is 23.5 Å². The fourth-order valence-corrected chi connectivity index (χ4v) is 4.66. The third kappa shape index (κ3) is 8.18. The van der Waals surface area contributed by atoms with Crippen LogP contribution in [0, 0.1) is 5.82 Å². The van der Waals surface area contributed by atoms with Crippen molar-refractivity contribution in [3.8, 4) is 0 Å². The topological polar surface area (TPSA) is 91.5 Å².